The van der Waals surface area contributed by atoms with E-state index < -0.39 is 5.67 Å². The Hall–Kier alpha value is -1.40. The highest BCUT2D eigenvalue weighted by molar-refractivity contribution is 9.10. The third kappa shape index (κ3) is 4.21. The molecule has 146 valence electrons. The number of fused-ring (bicyclic) bond motifs is 1. The zero-order valence-corrected chi connectivity index (χ0v) is 17.1. The number of nitrogens with zero attached hydrogens (tertiary/aromatic N) is 1. The molecule has 1 saturated carbocycles. The third-order valence-electron chi connectivity index (χ3n) is 5.75. The summed E-state index contributed by atoms with van der Waals surface area (Å²) in [5, 5.41) is 4.02. The highest BCUT2D eigenvalue weighted by Gasteiger charge is 2.39. The number of carbonyl (C=O) groups is 1. The Balaban J connectivity index is 1.54. The zero-order valence-electron chi connectivity index (χ0n) is 15.5. The molecule has 4 nitrogen and oxygen atoms in total. The quantitative estimate of drug-likeness (QED) is 0.633. The number of amides is 1. The van der Waals surface area contributed by atoms with Crippen LogP contribution in [0.5, 0.6) is 0 Å². The highest BCUT2D eigenvalue weighted by atomic mass is 79.9. The number of hydrogen-bond acceptors (Lipinski definition) is 2. The largest absolute Gasteiger partial charge is 0.374 e. The first-order chi connectivity index (χ1) is 13.0. The van der Waals surface area contributed by atoms with Gasteiger partial charge in [-0.05, 0) is 30.9 Å². The maximum Gasteiger partial charge on any atom is 0.224 e. The molecule has 4 rings (SSSR count). The first-order valence-electron chi connectivity index (χ1n) is 9.88. The summed E-state index contributed by atoms with van der Waals surface area (Å²) in [7, 11) is 0. The van der Waals surface area contributed by atoms with Crippen molar-refractivity contribution < 1.29 is 13.9 Å². The summed E-state index contributed by atoms with van der Waals surface area (Å²) in [6.45, 7) is 0.493. The van der Waals surface area contributed by atoms with Crippen molar-refractivity contribution in [1.29, 1.82) is 0 Å². The molecule has 2 aromatic rings. The van der Waals surface area contributed by atoms with Gasteiger partial charge in [0.25, 0.3) is 0 Å². The van der Waals surface area contributed by atoms with Crippen molar-refractivity contribution in [3.8, 4) is 0 Å². The Morgan fingerprint density at radius 2 is 2.00 bits per heavy atom. The van der Waals surface area contributed by atoms with Crippen LogP contribution in [0, 0.1) is 5.92 Å². The van der Waals surface area contributed by atoms with Gasteiger partial charge in [-0.3, -0.25) is 4.79 Å². The van der Waals surface area contributed by atoms with Crippen molar-refractivity contribution in [2.45, 2.75) is 57.2 Å². The van der Waals surface area contributed by atoms with E-state index in [2.05, 4.69) is 21.2 Å². The van der Waals surface area contributed by atoms with E-state index in [9.17, 15) is 9.18 Å². The number of anilines is 1. The number of halogens is 2. The summed E-state index contributed by atoms with van der Waals surface area (Å²) in [6.07, 6.45) is 9.73. The van der Waals surface area contributed by atoms with Crippen LogP contribution in [0.4, 0.5) is 10.1 Å². The second-order valence-corrected chi connectivity index (χ2v) is 8.91. The molecule has 1 aliphatic heterocycles. The van der Waals surface area contributed by atoms with Gasteiger partial charge < -0.3 is 14.6 Å². The molecule has 0 bridgehead atoms. The van der Waals surface area contributed by atoms with Crippen LogP contribution in [0.25, 0.3) is 10.9 Å². The maximum absolute atomic E-state index is 14.6. The molecule has 1 amide bonds. The molecule has 1 aromatic heterocycles. The topological polar surface area (TPSA) is 43.3 Å². The lowest BCUT2D eigenvalue weighted by Crippen LogP contribution is -2.48. The SMILES string of the molecule is O=C(CC1CCCCCC1)Nc1cn(CC2(F)COC2)c2cccc(Br)c12. The van der Waals surface area contributed by atoms with Gasteiger partial charge in [0.05, 0.1) is 31.0 Å². The van der Waals surface area contributed by atoms with Crippen molar-refractivity contribution in [2.75, 3.05) is 18.5 Å². The third-order valence-corrected chi connectivity index (χ3v) is 6.41. The number of ether oxygens (including phenoxy) is 1. The molecule has 1 aromatic carbocycles. The summed E-state index contributed by atoms with van der Waals surface area (Å²) in [5.41, 5.74) is 0.341. The molecule has 0 spiro atoms. The van der Waals surface area contributed by atoms with Gasteiger partial charge in [-0.15, -0.1) is 0 Å². The standard InChI is InChI=1S/C21H26BrFN2O2/c22-16-8-5-9-18-20(16)17(11-25(18)12-21(23)13-27-14-21)24-19(26)10-15-6-3-1-2-4-7-15/h5,8-9,11,15H,1-4,6-7,10,12-14H2,(H,24,26). The monoisotopic (exact) mass is 436 g/mol. The van der Waals surface area contributed by atoms with Gasteiger partial charge in [0.1, 0.15) is 0 Å². The van der Waals surface area contributed by atoms with E-state index in [-0.39, 0.29) is 25.7 Å². The van der Waals surface area contributed by atoms with Gasteiger partial charge >= 0.3 is 0 Å². The molecule has 27 heavy (non-hydrogen) atoms. The minimum absolute atomic E-state index is 0.0543. The number of alkyl halides is 1. The second-order valence-electron chi connectivity index (χ2n) is 8.06. The molecule has 0 radical (unpaired) electrons. The van der Waals surface area contributed by atoms with Crippen molar-refractivity contribution in [3.05, 3.63) is 28.9 Å². The number of carbonyl (C=O) groups excluding carboxylic acids is 1. The first kappa shape index (κ1) is 18.9. The fraction of sp³-hybridized carbons (Fsp3) is 0.571. The smallest absolute Gasteiger partial charge is 0.224 e. The Morgan fingerprint density at radius 3 is 2.67 bits per heavy atom. The van der Waals surface area contributed by atoms with Gasteiger partial charge in [-0.25, -0.2) is 4.39 Å². The molecule has 1 aliphatic carbocycles. The molecular weight excluding hydrogens is 411 g/mol. The van der Waals surface area contributed by atoms with E-state index >= 15 is 0 Å². The number of aromatic nitrogens is 1. The predicted molar refractivity (Wildman–Crippen MR) is 109 cm³/mol. The van der Waals surface area contributed by atoms with Crippen molar-refractivity contribution in [2.24, 2.45) is 5.92 Å². The van der Waals surface area contributed by atoms with Crippen LogP contribution < -0.4 is 5.32 Å². The molecule has 0 unspecified atom stereocenters. The minimum atomic E-state index is -1.32. The van der Waals surface area contributed by atoms with Crippen LogP contribution in [-0.4, -0.2) is 29.4 Å². The average molecular weight is 437 g/mol. The zero-order chi connectivity index (χ0) is 18.9. The van der Waals surface area contributed by atoms with Gasteiger partial charge in [0.2, 0.25) is 5.91 Å². The van der Waals surface area contributed by atoms with Crippen LogP contribution >= 0.6 is 15.9 Å². The predicted octanol–water partition coefficient (Wildman–Crippen LogP) is 5.44. The number of benzene rings is 1. The molecular formula is C21H26BrFN2O2. The van der Waals surface area contributed by atoms with Crippen LogP contribution in [0.2, 0.25) is 0 Å². The summed E-state index contributed by atoms with van der Waals surface area (Å²) in [4.78, 5) is 12.7. The summed E-state index contributed by atoms with van der Waals surface area (Å²) >= 11 is 3.59. The van der Waals surface area contributed by atoms with Crippen LogP contribution in [-0.2, 0) is 16.1 Å². The van der Waals surface area contributed by atoms with Gasteiger partial charge in [-0.2, -0.15) is 0 Å². The maximum atomic E-state index is 14.6. The summed E-state index contributed by atoms with van der Waals surface area (Å²) in [6, 6.07) is 5.84. The van der Waals surface area contributed by atoms with Gasteiger partial charge in [0, 0.05) is 22.5 Å². The van der Waals surface area contributed by atoms with Crippen molar-refractivity contribution in [3.63, 3.8) is 0 Å². The van der Waals surface area contributed by atoms with E-state index in [1.807, 2.05) is 29.0 Å². The van der Waals surface area contributed by atoms with E-state index in [0.717, 1.165) is 33.9 Å². The van der Waals surface area contributed by atoms with Crippen molar-refractivity contribution in [1.82, 2.24) is 4.57 Å². The van der Waals surface area contributed by atoms with E-state index in [1.54, 1.807) is 0 Å². The molecule has 1 saturated heterocycles. The number of rotatable bonds is 5. The lowest BCUT2D eigenvalue weighted by molar-refractivity contribution is -0.136. The lowest BCUT2D eigenvalue weighted by atomic mass is 9.96. The first-order valence-corrected chi connectivity index (χ1v) is 10.7. The molecule has 2 heterocycles. The molecule has 6 heteroatoms. The van der Waals surface area contributed by atoms with Gasteiger partial charge in [0.15, 0.2) is 5.67 Å². The molecule has 2 aliphatic rings. The number of nitrogens with one attached hydrogen (secondary N) is 1. The summed E-state index contributed by atoms with van der Waals surface area (Å²) < 4.78 is 22.4. The van der Waals surface area contributed by atoms with E-state index in [0.29, 0.717) is 12.3 Å². The Kier molecular flexibility index (Phi) is 5.55. The molecule has 2 fully saturated rings. The summed E-state index contributed by atoms with van der Waals surface area (Å²) in [5.74, 6) is 0.532. The van der Waals surface area contributed by atoms with Crippen molar-refractivity contribution >= 4 is 38.4 Å². The van der Waals surface area contributed by atoms with Crippen LogP contribution in [0.3, 0.4) is 0 Å². The van der Waals surface area contributed by atoms with Crippen LogP contribution in [0.1, 0.15) is 44.9 Å². The Bertz CT molecular complexity index is 823. The number of hydrogen-bond donors (Lipinski definition) is 1. The normalized spacial score (nSPS) is 20.2. The minimum Gasteiger partial charge on any atom is -0.374 e. The lowest BCUT2D eigenvalue weighted by Gasteiger charge is -2.34. The van der Waals surface area contributed by atoms with Crippen LogP contribution in [0.15, 0.2) is 28.9 Å². The van der Waals surface area contributed by atoms with E-state index in [1.165, 1.54) is 25.7 Å². The Morgan fingerprint density at radius 1 is 1.26 bits per heavy atom. The van der Waals surface area contributed by atoms with Gasteiger partial charge in [-0.1, -0.05) is 47.7 Å². The van der Waals surface area contributed by atoms with E-state index in [4.69, 9.17) is 4.74 Å². The average Bonchev–Trinajstić information content (AvgIpc) is 2.78. The fourth-order valence-electron chi connectivity index (χ4n) is 4.29. The molecule has 0 atom stereocenters. The second kappa shape index (κ2) is 7.92. The Labute approximate surface area is 167 Å². The molecule has 1 N–H and O–H groups in total. The highest BCUT2D eigenvalue weighted by Crippen LogP contribution is 2.35. The fourth-order valence-corrected chi connectivity index (χ4v) is 4.86.